The molecule has 0 aromatic carbocycles. The highest BCUT2D eigenvalue weighted by atomic mass is 32.1. The normalized spacial score (nSPS) is 21.9. The summed E-state index contributed by atoms with van der Waals surface area (Å²) in [5, 5.41) is 10.1. The van der Waals surface area contributed by atoms with Crippen LogP contribution in [-0.4, -0.2) is 37.9 Å². The summed E-state index contributed by atoms with van der Waals surface area (Å²) in [7, 11) is 0. The van der Waals surface area contributed by atoms with Gasteiger partial charge in [-0.1, -0.05) is 0 Å². The van der Waals surface area contributed by atoms with E-state index >= 15 is 0 Å². The first-order chi connectivity index (χ1) is 9.97. The maximum atomic E-state index is 11.9. The van der Waals surface area contributed by atoms with Gasteiger partial charge in [-0.25, -0.2) is 4.79 Å². The number of nitrogen functional groups attached to an aromatic ring is 1. The van der Waals surface area contributed by atoms with Gasteiger partial charge in [-0.05, 0) is 20.8 Å². The Bertz CT molecular complexity index is 569. The highest BCUT2D eigenvalue weighted by Crippen LogP contribution is 2.39. The third kappa shape index (κ3) is 3.12. The molecule has 0 amide bonds. The van der Waals surface area contributed by atoms with Crippen molar-refractivity contribution in [1.29, 1.82) is 5.26 Å². The molecular formula is C14H19N3O3S. The van der Waals surface area contributed by atoms with E-state index < -0.39 is 5.97 Å². The summed E-state index contributed by atoms with van der Waals surface area (Å²) in [5.41, 5.74) is 6.51. The van der Waals surface area contributed by atoms with Crippen LogP contribution in [0.4, 0.5) is 10.7 Å². The van der Waals surface area contributed by atoms with Crippen LogP contribution in [0.1, 0.15) is 36.0 Å². The molecule has 2 N–H and O–H groups in total. The van der Waals surface area contributed by atoms with Crippen LogP contribution in [0.2, 0.25) is 0 Å². The number of esters is 1. The Kier molecular flexibility index (Phi) is 4.70. The molecule has 0 aliphatic carbocycles. The largest absolute Gasteiger partial charge is 0.462 e. The van der Waals surface area contributed by atoms with Crippen LogP contribution in [0.5, 0.6) is 0 Å². The van der Waals surface area contributed by atoms with E-state index in [4.69, 9.17) is 15.2 Å². The number of thiophene rings is 1. The number of carbonyl (C=O) groups is 1. The molecule has 1 fully saturated rings. The number of ether oxygens (including phenoxy) is 2. The van der Waals surface area contributed by atoms with Crippen LogP contribution >= 0.6 is 11.3 Å². The second-order valence-electron chi connectivity index (χ2n) is 5.02. The lowest BCUT2D eigenvalue weighted by atomic mass is 10.2. The lowest BCUT2D eigenvalue weighted by molar-refractivity contribution is -0.00502. The van der Waals surface area contributed by atoms with Crippen molar-refractivity contribution in [2.75, 3.05) is 30.3 Å². The summed E-state index contributed by atoms with van der Waals surface area (Å²) in [6.45, 7) is 7.32. The lowest BCUT2D eigenvalue weighted by Crippen LogP contribution is -2.45. The molecular weight excluding hydrogens is 290 g/mol. The number of nitriles is 1. The molecule has 2 heterocycles. The molecule has 2 rings (SSSR count). The quantitative estimate of drug-likeness (QED) is 0.859. The Hall–Kier alpha value is -1.78. The summed E-state index contributed by atoms with van der Waals surface area (Å²) in [5.74, 6) is -0.475. The number of carbonyl (C=O) groups excluding carboxylic acids is 1. The Morgan fingerprint density at radius 1 is 1.52 bits per heavy atom. The van der Waals surface area contributed by atoms with Crippen LogP contribution in [0, 0.1) is 11.3 Å². The summed E-state index contributed by atoms with van der Waals surface area (Å²) in [4.78, 5) is 14.3. The minimum atomic E-state index is -0.475. The van der Waals surface area contributed by atoms with Crippen LogP contribution in [0.25, 0.3) is 0 Å². The van der Waals surface area contributed by atoms with Crippen molar-refractivity contribution in [2.24, 2.45) is 0 Å². The fraction of sp³-hybridized carbons (Fsp3) is 0.571. The van der Waals surface area contributed by atoms with Crippen LogP contribution in [0.15, 0.2) is 0 Å². The van der Waals surface area contributed by atoms with Crippen molar-refractivity contribution >= 4 is 28.0 Å². The van der Waals surface area contributed by atoms with Gasteiger partial charge in [0, 0.05) is 13.1 Å². The van der Waals surface area contributed by atoms with E-state index in [9.17, 15) is 10.1 Å². The van der Waals surface area contributed by atoms with Crippen LogP contribution in [-0.2, 0) is 9.47 Å². The van der Waals surface area contributed by atoms with E-state index in [2.05, 4.69) is 11.0 Å². The molecule has 21 heavy (non-hydrogen) atoms. The molecule has 1 aromatic rings. The maximum absolute atomic E-state index is 11.9. The van der Waals surface area contributed by atoms with Gasteiger partial charge in [0.2, 0.25) is 0 Å². The third-order valence-corrected chi connectivity index (χ3v) is 4.45. The van der Waals surface area contributed by atoms with E-state index in [1.54, 1.807) is 6.92 Å². The van der Waals surface area contributed by atoms with Gasteiger partial charge in [0.15, 0.2) is 0 Å². The smallest absolute Gasteiger partial charge is 0.350 e. The van der Waals surface area contributed by atoms with Crippen molar-refractivity contribution in [2.45, 2.75) is 33.0 Å². The van der Waals surface area contributed by atoms with E-state index in [-0.39, 0.29) is 24.5 Å². The van der Waals surface area contributed by atoms with E-state index in [1.165, 1.54) is 11.3 Å². The first-order valence-electron chi connectivity index (χ1n) is 6.87. The van der Waals surface area contributed by atoms with Crippen LogP contribution in [0.3, 0.4) is 0 Å². The molecule has 1 aromatic heterocycles. The fourth-order valence-corrected chi connectivity index (χ4v) is 3.54. The monoisotopic (exact) mass is 309 g/mol. The summed E-state index contributed by atoms with van der Waals surface area (Å²) in [6, 6.07) is 2.10. The molecule has 1 saturated heterocycles. The third-order valence-electron chi connectivity index (χ3n) is 3.21. The van der Waals surface area contributed by atoms with Crippen molar-refractivity contribution in [3.05, 3.63) is 10.4 Å². The standard InChI is InChI=1S/C14H19N3O3S/c1-4-19-14(18)12-11(16)10(5-15)13(21-12)17-6-8(2)20-9(3)7-17/h8-9H,4,6-7,16H2,1-3H3/t8-,9+. The number of nitrogens with zero attached hydrogens (tertiary/aromatic N) is 2. The topological polar surface area (TPSA) is 88.6 Å². The molecule has 0 spiro atoms. The first kappa shape index (κ1) is 15.6. The molecule has 1 aliphatic heterocycles. The number of morpholine rings is 1. The van der Waals surface area contributed by atoms with Crippen molar-refractivity contribution < 1.29 is 14.3 Å². The van der Waals surface area contributed by atoms with E-state index in [0.717, 1.165) is 5.00 Å². The Morgan fingerprint density at radius 3 is 2.67 bits per heavy atom. The average Bonchev–Trinajstić information content (AvgIpc) is 2.75. The minimum absolute atomic E-state index is 0.0645. The van der Waals surface area contributed by atoms with Gasteiger partial charge >= 0.3 is 5.97 Å². The summed E-state index contributed by atoms with van der Waals surface area (Å²) >= 11 is 1.22. The molecule has 1 aliphatic rings. The highest BCUT2D eigenvalue weighted by molar-refractivity contribution is 7.18. The van der Waals surface area contributed by atoms with Crippen molar-refractivity contribution in [3.63, 3.8) is 0 Å². The molecule has 0 bridgehead atoms. The summed E-state index contributed by atoms with van der Waals surface area (Å²) < 4.78 is 10.7. The predicted molar refractivity (Wildman–Crippen MR) is 81.6 cm³/mol. The zero-order chi connectivity index (χ0) is 15.6. The van der Waals surface area contributed by atoms with Gasteiger partial charge in [0.25, 0.3) is 0 Å². The van der Waals surface area contributed by atoms with Gasteiger partial charge in [-0.2, -0.15) is 5.26 Å². The first-order valence-corrected chi connectivity index (χ1v) is 7.69. The maximum Gasteiger partial charge on any atom is 0.350 e. The van der Waals surface area contributed by atoms with Crippen LogP contribution < -0.4 is 10.6 Å². The minimum Gasteiger partial charge on any atom is -0.462 e. The fourth-order valence-electron chi connectivity index (χ4n) is 2.45. The SMILES string of the molecule is CCOC(=O)c1sc(N2C[C@@H](C)O[C@@H](C)C2)c(C#N)c1N. The molecule has 2 atom stereocenters. The van der Waals surface area contributed by atoms with Gasteiger partial charge in [0.05, 0.1) is 24.5 Å². The number of hydrogen-bond donors (Lipinski definition) is 1. The summed E-state index contributed by atoms with van der Waals surface area (Å²) in [6.07, 6.45) is 0.129. The zero-order valence-corrected chi connectivity index (χ0v) is 13.2. The number of anilines is 2. The van der Waals surface area contributed by atoms with Gasteiger partial charge in [-0.15, -0.1) is 11.3 Å². The Morgan fingerprint density at radius 2 is 2.14 bits per heavy atom. The molecule has 6 nitrogen and oxygen atoms in total. The van der Waals surface area contributed by atoms with E-state index in [1.807, 2.05) is 13.8 Å². The molecule has 0 unspecified atom stereocenters. The average molecular weight is 309 g/mol. The number of nitrogens with two attached hydrogens (primary N) is 1. The number of rotatable bonds is 3. The van der Waals surface area contributed by atoms with Crippen molar-refractivity contribution in [1.82, 2.24) is 0 Å². The van der Waals surface area contributed by atoms with Gasteiger partial charge < -0.3 is 20.1 Å². The second-order valence-corrected chi connectivity index (χ2v) is 6.02. The molecule has 7 heteroatoms. The molecule has 0 saturated carbocycles. The van der Waals surface area contributed by atoms with E-state index in [0.29, 0.717) is 23.5 Å². The Labute approximate surface area is 128 Å². The van der Waals surface area contributed by atoms with Crippen molar-refractivity contribution in [3.8, 4) is 6.07 Å². The molecule has 114 valence electrons. The highest BCUT2D eigenvalue weighted by Gasteiger charge is 2.29. The molecule has 0 radical (unpaired) electrons. The zero-order valence-electron chi connectivity index (χ0n) is 12.4. The second kappa shape index (κ2) is 6.33. The Balaban J connectivity index is 2.37. The van der Waals surface area contributed by atoms with Gasteiger partial charge in [-0.3, -0.25) is 0 Å². The predicted octanol–water partition coefficient (Wildman–Crippen LogP) is 1.99. The number of hydrogen-bond acceptors (Lipinski definition) is 7. The lowest BCUT2D eigenvalue weighted by Gasteiger charge is -2.36. The van der Waals surface area contributed by atoms with Gasteiger partial charge in [0.1, 0.15) is 21.5 Å².